The Morgan fingerprint density at radius 3 is 2.46 bits per heavy atom. The van der Waals surface area contributed by atoms with Crippen LogP contribution in [-0.2, 0) is 21.5 Å². The summed E-state index contributed by atoms with van der Waals surface area (Å²) in [5, 5.41) is 29.0. The fourth-order valence-electron chi connectivity index (χ4n) is 3.18. The monoisotopic (exact) mass is 560 g/mol. The minimum Gasteiger partial charge on any atom is -0.324 e. The van der Waals surface area contributed by atoms with Crippen LogP contribution in [0.4, 0.5) is 11.4 Å². The van der Waals surface area contributed by atoms with Crippen molar-refractivity contribution in [1.29, 1.82) is 0 Å². The minimum atomic E-state index is -0.331. The van der Waals surface area contributed by atoms with Gasteiger partial charge >= 0.3 is 0 Å². The van der Waals surface area contributed by atoms with Gasteiger partial charge < -0.3 is 10.6 Å². The first kappa shape index (κ1) is 26.5. The quantitative estimate of drug-likeness (QED) is 0.308. The van der Waals surface area contributed by atoms with E-state index in [-0.39, 0.29) is 34.5 Å². The van der Waals surface area contributed by atoms with E-state index >= 15 is 0 Å². The highest BCUT2D eigenvalue weighted by molar-refractivity contribution is 7.99. The van der Waals surface area contributed by atoms with Crippen molar-refractivity contribution in [3.05, 3.63) is 58.3 Å². The third-order valence-corrected chi connectivity index (χ3v) is 6.57. The highest BCUT2D eigenvalue weighted by Gasteiger charge is 2.19. The molecule has 0 saturated heterocycles. The van der Waals surface area contributed by atoms with Crippen molar-refractivity contribution < 1.29 is 9.59 Å². The number of nitrogens with zero attached hydrogens (tertiary/aromatic N) is 8. The smallest absolute Gasteiger partial charge is 0.246 e. The lowest BCUT2D eigenvalue weighted by Crippen LogP contribution is -2.19. The summed E-state index contributed by atoms with van der Waals surface area (Å²) in [6, 6.07) is 10.5. The number of tetrazole rings is 2. The Morgan fingerprint density at radius 2 is 1.78 bits per heavy atom. The number of nitrogens with one attached hydrogen (secondary N) is 2. The molecule has 0 aliphatic rings. The average molecular weight is 561 g/mol. The van der Waals surface area contributed by atoms with E-state index in [9.17, 15) is 9.59 Å². The van der Waals surface area contributed by atoms with E-state index in [1.54, 1.807) is 12.1 Å². The second-order valence-corrected chi connectivity index (χ2v) is 10.6. The molecule has 12 nitrogen and oxygen atoms in total. The van der Waals surface area contributed by atoms with Gasteiger partial charge in [0.05, 0.1) is 27.2 Å². The van der Waals surface area contributed by atoms with Gasteiger partial charge in [-0.3, -0.25) is 9.59 Å². The van der Waals surface area contributed by atoms with E-state index in [0.717, 1.165) is 17.3 Å². The Labute approximate surface area is 226 Å². The fourth-order valence-corrected chi connectivity index (χ4v) is 4.35. The number of hydrogen-bond acceptors (Lipinski definition) is 9. The molecule has 2 amide bonds. The van der Waals surface area contributed by atoms with Crippen molar-refractivity contribution in [3.8, 4) is 5.69 Å². The lowest BCUT2D eigenvalue weighted by molar-refractivity contribution is -0.117. The van der Waals surface area contributed by atoms with Crippen LogP contribution in [0.5, 0.6) is 0 Å². The van der Waals surface area contributed by atoms with Crippen LogP contribution in [0.3, 0.4) is 0 Å². The maximum atomic E-state index is 12.6. The van der Waals surface area contributed by atoms with Gasteiger partial charge in [-0.05, 0) is 62.2 Å². The molecular weight excluding hydrogens is 539 g/mol. The van der Waals surface area contributed by atoms with Gasteiger partial charge in [0.15, 0.2) is 0 Å². The zero-order valence-electron chi connectivity index (χ0n) is 20.0. The van der Waals surface area contributed by atoms with Crippen LogP contribution in [-0.4, -0.2) is 58.0 Å². The minimum absolute atomic E-state index is 0.0266. The van der Waals surface area contributed by atoms with Gasteiger partial charge in [-0.1, -0.05) is 61.8 Å². The molecule has 37 heavy (non-hydrogen) atoms. The van der Waals surface area contributed by atoms with Gasteiger partial charge in [-0.2, -0.15) is 4.68 Å². The predicted molar refractivity (Wildman–Crippen MR) is 140 cm³/mol. The number of rotatable bonds is 8. The van der Waals surface area contributed by atoms with Crippen LogP contribution in [0, 0.1) is 0 Å². The number of carbonyl (C=O) groups excluding carboxylic acids is 2. The summed E-state index contributed by atoms with van der Waals surface area (Å²) in [4.78, 5) is 24.7. The number of amides is 2. The van der Waals surface area contributed by atoms with E-state index in [1.165, 1.54) is 21.8 Å². The molecule has 15 heteroatoms. The fraction of sp³-hybridized carbons (Fsp3) is 0.273. The molecule has 0 aliphatic heterocycles. The van der Waals surface area contributed by atoms with E-state index in [4.69, 9.17) is 23.2 Å². The molecule has 0 bridgehead atoms. The first-order chi connectivity index (χ1) is 17.6. The van der Waals surface area contributed by atoms with E-state index in [1.807, 2.05) is 18.2 Å². The topological polar surface area (TPSA) is 145 Å². The van der Waals surface area contributed by atoms with Crippen LogP contribution in [0.15, 0.2) is 47.9 Å². The van der Waals surface area contributed by atoms with Crippen LogP contribution < -0.4 is 10.6 Å². The summed E-state index contributed by atoms with van der Waals surface area (Å²) in [5.74, 6) is -0.618. The molecule has 2 N–H and O–H groups in total. The van der Waals surface area contributed by atoms with Crippen molar-refractivity contribution >= 4 is 58.2 Å². The summed E-state index contributed by atoms with van der Waals surface area (Å²) in [5.41, 5.74) is 2.50. The normalized spacial score (nSPS) is 11.4. The number of carbonyl (C=O) groups is 2. The van der Waals surface area contributed by atoms with Gasteiger partial charge in [0.1, 0.15) is 12.9 Å². The highest BCUT2D eigenvalue weighted by Crippen LogP contribution is 2.31. The van der Waals surface area contributed by atoms with Gasteiger partial charge in [-0.15, -0.1) is 10.2 Å². The van der Waals surface area contributed by atoms with E-state index in [2.05, 4.69) is 62.5 Å². The molecule has 4 rings (SSSR count). The Morgan fingerprint density at radius 1 is 0.973 bits per heavy atom. The average Bonchev–Trinajstić information content (AvgIpc) is 3.51. The molecule has 0 spiro atoms. The molecule has 4 aromatic rings. The summed E-state index contributed by atoms with van der Waals surface area (Å²) < 4.78 is 2.78. The van der Waals surface area contributed by atoms with Crippen molar-refractivity contribution in [2.45, 2.75) is 37.9 Å². The van der Waals surface area contributed by atoms with Gasteiger partial charge in [0.2, 0.25) is 17.0 Å². The SMILES string of the molecule is CC(C)(C)c1ccc(-n2nnnc2SCC(=O)Nc2ccc(NC(=O)Cn3cnnn3)cc2Cl)c(Cl)c1. The maximum absolute atomic E-state index is 12.6. The molecule has 0 saturated carbocycles. The number of anilines is 2. The molecule has 0 unspecified atom stereocenters. The maximum Gasteiger partial charge on any atom is 0.246 e. The predicted octanol–water partition coefficient (Wildman–Crippen LogP) is 3.62. The van der Waals surface area contributed by atoms with Crippen LogP contribution in [0.25, 0.3) is 5.69 Å². The molecule has 0 aliphatic carbocycles. The molecule has 2 aromatic heterocycles. The zero-order valence-corrected chi connectivity index (χ0v) is 22.3. The van der Waals surface area contributed by atoms with Gasteiger partial charge in [0, 0.05) is 5.69 Å². The summed E-state index contributed by atoms with van der Waals surface area (Å²) >= 11 is 14.0. The second-order valence-electron chi connectivity index (χ2n) is 8.88. The molecule has 2 heterocycles. The Balaban J connectivity index is 1.35. The van der Waals surface area contributed by atoms with Gasteiger partial charge in [0.25, 0.3) is 0 Å². The number of benzene rings is 2. The molecule has 0 fully saturated rings. The Bertz CT molecular complexity index is 1420. The van der Waals surface area contributed by atoms with Crippen molar-refractivity contribution in [1.82, 2.24) is 40.4 Å². The number of aromatic nitrogens is 8. The number of hydrogen-bond donors (Lipinski definition) is 2. The van der Waals surface area contributed by atoms with Crippen LogP contribution in [0.2, 0.25) is 10.0 Å². The van der Waals surface area contributed by atoms with Crippen LogP contribution in [0.1, 0.15) is 26.3 Å². The largest absolute Gasteiger partial charge is 0.324 e. The number of thioether (sulfide) groups is 1. The molecule has 192 valence electrons. The van der Waals surface area contributed by atoms with Crippen molar-refractivity contribution in [2.75, 3.05) is 16.4 Å². The first-order valence-electron chi connectivity index (χ1n) is 10.9. The lowest BCUT2D eigenvalue weighted by Gasteiger charge is -2.20. The summed E-state index contributed by atoms with van der Waals surface area (Å²) in [6.07, 6.45) is 1.33. The standard InChI is InChI=1S/C22H22Cl2N10O2S/c1-22(2,3)13-4-7-18(16(24)8-13)34-21(28-30-32-34)37-11-20(36)27-17-6-5-14(9-15(17)23)26-19(35)10-33-12-25-29-31-33/h4-9,12H,10-11H2,1-3H3,(H,26,35)(H,27,36). The summed E-state index contributed by atoms with van der Waals surface area (Å²) in [7, 11) is 0. The van der Waals surface area contributed by atoms with Crippen molar-refractivity contribution in [2.24, 2.45) is 0 Å². The van der Waals surface area contributed by atoms with Crippen LogP contribution >= 0.6 is 35.0 Å². The molecule has 0 radical (unpaired) electrons. The molecule has 0 atom stereocenters. The second kappa shape index (κ2) is 11.2. The third-order valence-electron chi connectivity index (χ3n) is 5.04. The van der Waals surface area contributed by atoms with Crippen molar-refractivity contribution in [3.63, 3.8) is 0 Å². The lowest BCUT2D eigenvalue weighted by atomic mass is 9.87. The van der Waals surface area contributed by atoms with E-state index in [0.29, 0.717) is 27.2 Å². The Kier molecular flexibility index (Phi) is 8.05. The molecule has 2 aromatic carbocycles. The zero-order chi connectivity index (χ0) is 26.6. The highest BCUT2D eigenvalue weighted by atomic mass is 35.5. The van der Waals surface area contributed by atoms with E-state index < -0.39 is 0 Å². The van der Waals surface area contributed by atoms with Gasteiger partial charge in [-0.25, -0.2) is 4.68 Å². The molecular formula is C22H22Cl2N10O2S. The Hall–Kier alpha value is -3.55. The summed E-state index contributed by atoms with van der Waals surface area (Å²) in [6.45, 7) is 6.25. The third kappa shape index (κ3) is 6.81. The first-order valence-corrected chi connectivity index (χ1v) is 12.7. The number of halogens is 2.